The average Bonchev–Trinajstić information content (AvgIpc) is 2.52. The Morgan fingerprint density at radius 1 is 1.39 bits per heavy atom. The molecule has 0 spiro atoms. The first kappa shape index (κ1) is 17.7. The molecule has 1 aromatic heterocycles. The highest BCUT2D eigenvalue weighted by Crippen LogP contribution is 2.20. The Hall–Kier alpha value is -1.67. The molecular formula is C15H24N4O3S. The van der Waals surface area contributed by atoms with Crippen LogP contribution < -0.4 is 9.62 Å². The van der Waals surface area contributed by atoms with Crippen LogP contribution in [0.1, 0.15) is 29.6 Å². The van der Waals surface area contributed by atoms with Crippen LogP contribution in [0.15, 0.2) is 18.3 Å². The van der Waals surface area contributed by atoms with Crippen LogP contribution in [-0.4, -0.2) is 63.7 Å². The molecule has 23 heavy (non-hydrogen) atoms. The zero-order valence-electron chi connectivity index (χ0n) is 13.8. The standard InChI is InChI=1S/C15H24N4O3S/c1-18(2)14-8-7-12(10-16-14)15(20)19-9-5-4-6-13(19)11-17-23(3,21)22/h7-8,10,13,17H,4-6,9,11H2,1-3H3/t13-/m0/s1. The van der Waals surface area contributed by atoms with Gasteiger partial charge in [-0.05, 0) is 31.4 Å². The molecule has 0 aromatic carbocycles. The lowest BCUT2D eigenvalue weighted by molar-refractivity contribution is 0.0618. The van der Waals surface area contributed by atoms with Crippen LogP contribution in [0.5, 0.6) is 0 Å². The lowest BCUT2D eigenvalue weighted by Gasteiger charge is -2.35. The SMILES string of the molecule is CN(C)c1ccc(C(=O)N2CCCC[C@H]2CNS(C)(=O)=O)cn1. The summed E-state index contributed by atoms with van der Waals surface area (Å²) in [5.41, 5.74) is 0.529. The Kier molecular flexibility index (Phi) is 5.59. The first-order valence-electron chi connectivity index (χ1n) is 7.67. The molecule has 1 aliphatic heterocycles. The minimum absolute atomic E-state index is 0.0946. The Labute approximate surface area is 137 Å². The normalized spacial score (nSPS) is 18.7. The number of nitrogens with one attached hydrogen (secondary N) is 1. The second kappa shape index (κ2) is 7.27. The first-order valence-corrected chi connectivity index (χ1v) is 9.56. The van der Waals surface area contributed by atoms with E-state index in [0.29, 0.717) is 12.1 Å². The number of piperidine rings is 1. The van der Waals surface area contributed by atoms with Crippen LogP contribution in [0, 0.1) is 0 Å². The minimum atomic E-state index is -3.26. The van der Waals surface area contributed by atoms with Gasteiger partial charge in [0, 0.05) is 39.4 Å². The van der Waals surface area contributed by atoms with Crippen LogP contribution in [0.2, 0.25) is 0 Å². The highest BCUT2D eigenvalue weighted by molar-refractivity contribution is 7.88. The Morgan fingerprint density at radius 3 is 2.70 bits per heavy atom. The van der Waals surface area contributed by atoms with Gasteiger partial charge in [0.2, 0.25) is 10.0 Å². The molecule has 8 heteroatoms. The molecule has 1 N–H and O–H groups in total. The fourth-order valence-corrected chi connectivity index (χ4v) is 3.17. The van der Waals surface area contributed by atoms with Crippen molar-refractivity contribution in [1.82, 2.24) is 14.6 Å². The van der Waals surface area contributed by atoms with Crippen molar-refractivity contribution in [2.24, 2.45) is 0 Å². The zero-order chi connectivity index (χ0) is 17.0. The van der Waals surface area contributed by atoms with Crippen molar-refractivity contribution >= 4 is 21.7 Å². The quantitative estimate of drug-likeness (QED) is 0.853. The number of aromatic nitrogens is 1. The minimum Gasteiger partial charge on any atom is -0.363 e. The van der Waals surface area contributed by atoms with E-state index in [1.54, 1.807) is 23.2 Å². The number of hydrogen-bond acceptors (Lipinski definition) is 5. The maximum atomic E-state index is 12.7. The smallest absolute Gasteiger partial charge is 0.255 e. The molecule has 0 unspecified atom stereocenters. The van der Waals surface area contributed by atoms with Crippen molar-refractivity contribution in [2.75, 3.05) is 38.3 Å². The van der Waals surface area contributed by atoms with Gasteiger partial charge >= 0.3 is 0 Å². The van der Waals surface area contributed by atoms with E-state index in [4.69, 9.17) is 0 Å². The predicted molar refractivity (Wildman–Crippen MR) is 90.1 cm³/mol. The van der Waals surface area contributed by atoms with Crippen molar-refractivity contribution in [2.45, 2.75) is 25.3 Å². The maximum Gasteiger partial charge on any atom is 0.255 e. The first-order chi connectivity index (χ1) is 10.8. The summed E-state index contributed by atoms with van der Waals surface area (Å²) in [6, 6.07) is 3.46. The van der Waals surface area contributed by atoms with Gasteiger partial charge in [-0.15, -0.1) is 0 Å². The molecule has 7 nitrogen and oxygen atoms in total. The van der Waals surface area contributed by atoms with E-state index in [0.717, 1.165) is 31.3 Å². The monoisotopic (exact) mass is 340 g/mol. The molecule has 1 aliphatic rings. The molecule has 0 radical (unpaired) electrons. The van der Waals surface area contributed by atoms with Crippen molar-refractivity contribution in [3.05, 3.63) is 23.9 Å². The number of likely N-dealkylation sites (tertiary alicyclic amines) is 1. The van der Waals surface area contributed by atoms with Gasteiger partial charge in [-0.25, -0.2) is 18.1 Å². The van der Waals surface area contributed by atoms with Crippen molar-refractivity contribution in [3.8, 4) is 0 Å². The highest BCUT2D eigenvalue weighted by Gasteiger charge is 2.28. The molecule has 1 saturated heterocycles. The van der Waals surface area contributed by atoms with Crippen molar-refractivity contribution in [1.29, 1.82) is 0 Å². The fraction of sp³-hybridized carbons (Fsp3) is 0.600. The van der Waals surface area contributed by atoms with Gasteiger partial charge in [0.05, 0.1) is 11.8 Å². The number of amides is 1. The molecule has 2 heterocycles. The fourth-order valence-electron chi connectivity index (χ4n) is 2.67. The van der Waals surface area contributed by atoms with Crippen molar-refractivity contribution in [3.63, 3.8) is 0 Å². The van der Waals surface area contributed by atoms with Gasteiger partial charge < -0.3 is 9.80 Å². The molecule has 0 bridgehead atoms. The number of pyridine rings is 1. The summed E-state index contributed by atoms with van der Waals surface area (Å²) in [7, 11) is 0.522. The molecule has 1 amide bonds. The van der Waals surface area contributed by atoms with Crippen LogP contribution in [0.3, 0.4) is 0 Å². The van der Waals surface area contributed by atoms with E-state index in [-0.39, 0.29) is 18.5 Å². The van der Waals surface area contributed by atoms with Gasteiger partial charge in [0.25, 0.3) is 5.91 Å². The number of carbonyl (C=O) groups excluding carboxylic acids is 1. The molecule has 2 rings (SSSR count). The molecule has 1 atom stereocenters. The van der Waals surface area contributed by atoms with Crippen molar-refractivity contribution < 1.29 is 13.2 Å². The van der Waals surface area contributed by atoms with E-state index in [9.17, 15) is 13.2 Å². The summed E-state index contributed by atoms with van der Waals surface area (Å²) in [6.45, 7) is 0.901. The van der Waals surface area contributed by atoms with E-state index < -0.39 is 10.0 Å². The topological polar surface area (TPSA) is 82.6 Å². The summed E-state index contributed by atoms with van der Waals surface area (Å²) in [4.78, 5) is 20.6. The van der Waals surface area contributed by atoms with Crippen LogP contribution in [0.25, 0.3) is 0 Å². The van der Waals surface area contributed by atoms with Gasteiger partial charge in [0.1, 0.15) is 5.82 Å². The summed E-state index contributed by atoms with van der Waals surface area (Å²) in [5, 5.41) is 0. The molecule has 0 saturated carbocycles. The summed E-state index contributed by atoms with van der Waals surface area (Å²) < 4.78 is 25.1. The van der Waals surface area contributed by atoms with Crippen LogP contribution in [-0.2, 0) is 10.0 Å². The Bertz CT molecular complexity index is 643. The number of hydrogen-bond donors (Lipinski definition) is 1. The lowest BCUT2D eigenvalue weighted by atomic mass is 10.0. The van der Waals surface area contributed by atoms with Gasteiger partial charge in [-0.1, -0.05) is 0 Å². The predicted octanol–water partition coefficient (Wildman–Crippen LogP) is 0.692. The van der Waals surface area contributed by atoms with Gasteiger partial charge in [0.15, 0.2) is 0 Å². The molecule has 128 valence electrons. The second-order valence-corrected chi connectivity index (χ2v) is 7.90. The van der Waals surface area contributed by atoms with E-state index >= 15 is 0 Å². The number of rotatable bonds is 5. The summed E-state index contributed by atoms with van der Waals surface area (Å²) in [6.07, 6.45) is 5.44. The number of carbonyl (C=O) groups is 1. The van der Waals surface area contributed by atoms with E-state index in [1.807, 2.05) is 19.0 Å². The second-order valence-electron chi connectivity index (χ2n) is 6.07. The highest BCUT2D eigenvalue weighted by atomic mass is 32.2. The Morgan fingerprint density at radius 2 is 2.13 bits per heavy atom. The van der Waals surface area contributed by atoms with Gasteiger partial charge in [-0.3, -0.25) is 4.79 Å². The van der Waals surface area contributed by atoms with Gasteiger partial charge in [-0.2, -0.15) is 0 Å². The third-order valence-corrected chi connectivity index (χ3v) is 4.61. The third-order valence-electron chi connectivity index (χ3n) is 3.92. The maximum absolute atomic E-state index is 12.7. The molecule has 0 aliphatic carbocycles. The molecular weight excluding hydrogens is 316 g/mol. The van der Waals surface area contributed by atoms with Crippen LogP contribution >= 0.6 is 0 Å². The third kappa shape index (κ3) is 4.90. The zero-order valence-corrected chi connectivity index (χ0v) is 14.6. The van der Waals surface area contributed by atoms with E-state index in [2.05, 4.69) is 9.71 Å². The summed E-state index contributed by atoms with van der Waals surface area (Å²) in [5.74, 6) is 0.693. The summed E-state index contributed by atoms with van der Waals surface area (Å²) >= 11 is 0. The number of anilines is 1. The number of nitrogens with zero attached hydrogens (tertiary/aromatic N) is 3. The van der Waals surface area contributed by atoms with E-state index in [1.165, 1.54) is 0 Å². The number of sulfonamides is 1. The Balaban J connectivity index is 2.11. The average molecular weight is 340 g/mol. The molecule has 1 aromatic rings. The lowest BCUT2D eigenvalue weighted by Crippen LogP contribution is -2.49. The largest absolute Gasteiger partial charge is 0.363 e. The molecule has 1 fully saturated rings. The van der Waals surface area contributed by atoms with Crippen LogP contribution in [0.4, 0.5) is 5.82 Å².